The van der Waals surface area contributed by atoms with Crippen LogP contribution in [0.25, 0.3) is 0 Å². The molecule has 0 heterocycles. The summed E-state index contributed by atoms with van der Waals surface area (Å²) in [4.78, 5) is 38.3. The monoisotopic (exact) mass is 1020 g/mol. The van der Waals surface area contributed by atoms with Crippen molar-refractivity contribution in [3.8, 4) is 0 Å². The van der Waals surface area contributed by atoms with Crippen LogP contribution in [0.2, 0.25) is 0 Å². The SMILES string of the molecule is CC/C=C\C/C=C\C/C=C\C/C=C\CCCCCCCCCCCCC(=O)OCC(COC(=O)CCCCC/C=C\C/C=C\C/C=C\CC)OC(=O)CCCCCCCCCCCCCCCCCCCCC. The normalized spacial score (nSPS) is 12.6. The number of rotatable bonds is 56. The van der Waals surface area contributed by atoms with Gasteiger partial charge in [0.25, 0.3) is 0 Å². The minimum atomic E-state index is -0.790. The van der Waals surface area contributed by atoms with E-state index in [1.807, 2.05) is 0 Å². The van der Waals surface area contributed by atoms with Gasteiger partial charge in [0.05, 0.1) is 0 Å². The van der Waals surface area contributed by atoms with Crippen molar-refractivity contribution in [2.75, 3.05) is 13.2 Å². The van der Waals surface area contributed by atoms with Gasteiger partial charge >= 0.3 is 17.9 Å². The molecule has 0 aliphatic carbocycles. The van der Waals surface area contributed by atoms with Gasteiger partial charge in [-0.15, -0.1) is 0 Å². The fourth-order valence-electron chi connectivity index (χ4n) is 8.80. The summed E-state index contributed by atoms with van der Waals surface area (Å²) < 4.78 is 16.9. The molecular formula is C67H116O6. The molecule has 0 radical (unpaired) electrons. The van der Waals surface area contributed by atoms with E-state index >= 15 is 0 Å². The number of esters is 3. The summed E-state index contributed by atoms with van der Waals surface area (Å²) in [5, 5.41) is 0. The van der Waals surface area contributed by atoms with Crippen LogP contribution in [0.3, 0.4) is 0 Å². The fourth-order valence-corrected chi connectivity index (χ4v) is 8.80. The Labute approximate surface area is 452 Å². The number of unbranched alkanes of at least 4 members (excludes halogenated alkanes) is 31. The lowest BCUT2D eigenvalue weighted by Gasteiger charge is -2.18. The van der Waals surface area contributed by atoms with Gasteiger partial charge in [0.15, 0.2) is 6.10 Å². The standard InChI is InChI=1S/C67H116O6/c1-4-7-10-13-16-19-22-25-27-29-31-32-33-34-36-37-39-42-45-48-51-54-57-60-66(69)72-63-64(62-71-65(68)59-56-53-50-47-44-41-24-21-18-15-12-9-6-3)73-67(70)61-58-55-52-49-46-43-40-38-35-30-28-26-23-20-17-14-11-8-5-2/h7,9-10,12,16,18-19,21,25,27,31-32,41,44,64H,4-6,8,11,13-15,17,20,22-24,26,28-30,33-40,42-43,45-63H2,1-3H3/b10-7-,12-9-,19-16-,21-18-,27-25-,32-31-,44-41-. The number of ether oxygens (including phenoxy) is 3. The van der Waals surface area contributed by atoms with Crippen molar-refractivity contribution in [1.29, 1.82) is 0 Å². The number of hydrogen-bond donors (Lipinski definition) is 0. The summed E-state index contributed by atoms with van der Waals surface area (Å²) in [7, 11) is 0. The molecule has 0 N–H and O–H groups in total. The van der Waals surface area contributed by atoms with Crippen LogP contribution in [0, 0.1) is 0 Å². The van der Waals surface area contributed by atoms with E-state index in [2.05, 4.69) is 106 Å². The van der Waals surface area contributed by atoms with E-state index in [0.717, 1.165) is 109 Å². The van der Waals surface area contributed by atoms with Crippen LogP contribution in [0.15, 0.2) is 85.1 Å². The highest BCUT2D eigenvalue weighted by atomic mass is 16.6. The van der Waals surface area contributed by atoms with Crippen LogP contribution in [0.1, 0.15) is 303 Å². The molecule has 0 saturated heterocycles. The molecule has 0 aliphatic heterocycles. The van der Waals surface area contributed by atoms with Crippen LogP contribution in [-0.2, 0) is 28.6 Å². The highest BCUT2D eigenvalue weighted by Crippen LogP contribution is 2.17. The molecular weight excluding hydrogens is 901 g/mol. The first-order chi connectivity index (χ1) is 36.0. The van der Waals surface area contributed by atoms with Crippen LogP contribution in [-0.4, -0.2) is 37.2 Å². The van der Waals surface area contributed by atoms with Gasteiger partial charge in [0, 0.05) is 19.3 Å². The minimum Gasteiger partial charge on any atom is -0.462 e. The summed E-state index contributed by atoms with van der Waals surface area (Å²) in [6, 6.07) is 0. The second-order valence-electron chi connectivity index (χ2n) is 20.6. The molecule has 0 aromatic carbocycles. The van der Waals surface area contributed by atoms with Crippen molar-refractivity contribution in [2.45, 2.75) is 309 Å². The van der Waals surface area contributed by atoms with Crippen molar-refractivity contribution >= 4 is 17.9 Å². The third kappa shape index (κ3) is 59.3. The Balaban J connectivity index is 4.33. The molecule has 0 aromatic rings. The fraction of sp³-hybridized carbons (Fsp3) is 0.746. The molecule has 0 rings (SSSR count). The Morgan fingerprint density at radius 1 is 0.288 bits per heavy atom. The van der Waals surface area contributed by atoms with E-state index in [1.54, 1.807) is 0 Å². The maximum atomic E-state index is 12.9. The predicted molar refractivity (Wildman–Crippen MR) is 316 cm³/mol. The Bertz CT molecular complexity index is 1400. The topological polar surface area (TPSA) is 78.9 Å². The molecule has 0 aromatic heterocycles. The zero-order valence-corrected chi connectivity index (χ0v) is 48.1. The Morgan fingerprint density at radius 3 is 0.849 bits per heavy atom. The van der Waals surface area contributed by atoms with Crippen molar-refractivity contribution < 1.29 is 28.6 Å². The molecule has 73 heavy (non-hydrogen) atoms. The number of allylic oxidation sites excluding steroid dienone is 14. The largest absolute Gasteiger partial charge is 0.462 e. The number of carbonyl (C=O) groups excluding carboxylic acids is 3. The molecule has 0 fully saturated rings. The van der Waals surface area contributed by atoms with E-state index in [-0.39, 0.29) is 31.1 Å². The maximum Gasteiger partial charge on any atom is 0.306 e. The first-order valence-corrected chi connectivity index (χ1v) is 31.1. The zero-order chi connectivity index (χ0) is 52.9. The highest BCUT2D eigenvalue weighted by molar-refractivity contribution is 5.71. The van der Waals surface area contributed by atoms with Crippen LogP contribution >= 0.6 is 0 Å². The average molecular weight is 1020 g/mol. The second-order valence-corrected chi connectivity index (χ2v) is 20.6. The third-order valence-corrected chi connectivity index (χ3v) is 13.4. The molecule has 0 aliphatic rings. The van der Waals surface area contributed by atoms with Gasteiger partial charge in [-0.2, -0.15) is 0 Å². The molecule has 0 spiro atoms. The Morgan fingerprint density at radius 2 is 0.534 bits per heavy atom. The third-order valence-electron chi connectivity index (χ3n) is 13.4. The first-order valence-electron chi connectivity index (χ1n) is 31.1. The lowest BCUT2D eigenvalue weighted by atomic mass is 10.0. The van der Waals surface area contributed by atoms with E-state index in [4.69, 9.17) is 14.2 Å². The van der Waals surface area contributed by atoms with Crippen molar-refractivity contribution in [3.63, 3.8) is 0 Å². The molecule has 0 bridgehead atoms. The Kier molecular flexibility index (Phi) is 58.3. The molecule has 1 unspecified atom stereocenters. The zero-order valence-electron chi connectivity index (χ0n) is 48.1. The van der Waals surface area contributed by atoms with Gasteiger partial charge in [0.1, 0.15) is 13.2 Å². The Hall–Kier alpha value is -3.41. The maximum absolute atomic E-state index is 12.9. The molecule has 1 atom stereocenters. The van der Waals surface area contributed by atoms with Gasteiger partial charge in [-0.05, 0) is 89.9 Å². The summed E-state index contributed by atoms with van der Waals surface area (Å²) in [5.41, 5.74) is 0. The van der Waals surface area contributed by atoms with E-state index in [1.165, 1.54) is 154 Å². The van der Waals surface area contributed by atoms with Crippen LogP contribution in [0.4, 0.5) is 0 Å². The molecule has 420 valence electrons. The summed E-state index contributed by atoms with van der Waals surface area (Å²) in [5.74, 6) is -0.907. The van der Waals surface area contributed by atoms with Gasteiger partial charge in [-0.25, -0.2) is 0 Å². The summed E-state index contributed by atoms with van der Waals surface area (Å²) >= 11 is 0. The van der Waals surface area contributed by atoms with Gasteiger partial charge in [-0.1, -0.05) is 279 Å². The van der Waals surface area contributed by atoms with Crippen LogP contribution < -0.4 is 0 Å². The second kappa shape index (κ2) is 61.1. The van der Waals surface area contributed by atoms with E-state index in [9.17, 15) is 14.4 Å². The van der Waals surface area contributed by atoms with E-state index in [0.29, 0.717) is 19.3 Å². The first kappa shape index (κ1) is 69.6. The van der Waals surface area contributed by atoms with Gasteiger partial charge in [0.2, 0.25) is 0 Å². The van der Waals surface area contributed by atoms with Crippen molar-refractivity contribution in [3.05, 3.63) is 85.1 Å². The van der Waals surface area contributed by atoms with Crippen molar-refractivity contribution in [2.24, 2.45) is 0 Å². The predicted octanol–water partition coefficient (Wildman–Crippen LogP) is 21.1. The van der Waals surface area contributed by atoms with Crippen molar-refractivity contribution in [1.82, 2.24) is 0 Å². The molecule has 6 nitrogen and oxygen atoms in total. The minimum absolute atomic E-state index is 0.0859. The number of hydrogen-bond acceptors (Lipinski definition) is 6. The average Bonchev–Trinajstić information content (AvgIpc) is 3.39. The number of carbonyl (C=O) groups is 3. The van der Waals surface area contributed by atoms with Gasteiger partial charge < -0.3 is 14.2 Å². The molecule has 0 amide bonds. The lowest BCUT2D eigenvalue weighted by Crippen LogP contribution is -2.30. The molecule has 0 saturated carbocycles. The quantitative estimate of drug-likeness (QED) is 0.0261. The smallest absolute Gasteiger partial charge is 0.306 e. The summed E-state index contributed by atoms with van der Waals surface area (Å²) in [6.07, 6.45) is 80.2. The highest BCUT2D eigenvalue weighted by Gasteiger charge is 2.19. The van der Waals surface area contributed by atoms with Crippen LogP contribution in [0.5, 0.6) is 0 Å². The molecule has 6 heteroatoms. The van der Waals surface area contributed by atoms with E-state index < -0.39 is 6.10 Å². The van der Waals surface area contributed by atoms with Gasteiger partial charge in [-0.3, -0.25) is 14.4 Å². The lowest BCUT2D eigenvalue weighted by molar-refractivity contribution is -0.167. The summed E-state index contributed by atoms with van der Waals surface area (Å²) in [6.45, 7) is 6.42.